The average molecular weight is 219 g/mol. The molecule has 0 spiro atoms. The maximum absolute atomic E-state index is 11.5. The molecule has 1 aromatic rings. The Morgan fingerprint density at radius 2 is 2.06 bits per heavy atom. The van der Waals surface area contributed by atoms with Crippen LogP contribution in [0.3, 0.4) is 0 Å². The molecular weight excluding hydrogens is 202 g/mol. The van der Waals surface area contributed by atoms with E-state index in [-0.39, 0.29) is 11.8 Å². The highest BCUT2D eigenvalue weighted by molar-refractivity contribution is 5.93. The van der Waals surface area contributed by atoms with Gasteiger partial charge in [-0.15, -0.1) is 0 Å². The maximum atomic E-state index is 11.5. The monoisotopic (exact) mass is 219 g/mol. The molecule has 0 atom stereocenters. The smallest absolute Gasteiger partial charge is 0.228 e. The standard InChI is InChI=1S/C12H17N3O/c16-12(9-5-6-9)13-11-7-10(14-15-11)8-3-1-2-4-8/h7-9H,1-6H2,(H2,13,14,15,16). The number of amides is 1. The number of carbonyl (C=O) groups is 1. The lowest BCUT2D eigenvalue weighted by Gasteiger charge is -2.03. The molecule has 1 heterocycles. The van der Waals surface area contributed by atoms with Crippen molar-refractivity contribution in [3.63, 3.8) is 0 Å². The molecule has 2 fully saturated rings. The summed E-state index contributed by atoms with van der Waals surface area (Å²) >= 11 is 0. The summed E-state index contributed by atoms with van der Waals surface area (Å²) in [5, 5.41) is 10.1. The summed E-state index contributed by atoms with van der Waals surface area (Å²) in [5.74, 6) is 1.69. The van der Waals surface area contributed by atoms with Gasteiger partial charge in [0.25, 0.3) is 0 Å². The van der Waals surface area contributed by atoms with Gasteiger partial charge >= 0.3 is 0 Å². The van der Waals surface area contributed by atoms with Crippen molar-refractivity contribution in [2.45, 2.75) is 44.4 Å². The molecule has 4 nitrogen and oxygen atoms in total. The first-order chi connectivity index (χ1) is 7.83. The van der Waals surface area contributed by atoms with Crippen LogP contribution in [-0.4, -0.2) is 16.1 Å². The van der Waals surface area contributed by atoms with Gasteiger partial charge in [0, 0.05) is 23.6 Å². The minimum atomic E-state index is 0.129. The van der Waals surface area contributed by atoms with Crippen LogP contribution in [0.25, 0.3) is 0 Å². The summed E-state index contributed by atoms with van der Waals surface area (Å²) in [6, 6.07) is 2.00. The van der Waals surface area contributed by atoms with Gasteiger partial charge in [-0.3, -0.25) is 9.89 Å². The van der Waals surface area contributed by atoms with Crippen molar-refractivity contribution in [2.75, 3.05) is 5.32 Å². The van der Waals surface area contributed by atoms with E-state index in [1.807, 2.05) is 6.07 Å². The predicted molar refractivity (Wildman–Crippen MR) is 61.2 cm³/mol. The molecule has 86 valence electrons. The number of hydrogen-bond acceptors (Lipinski definition) is 2. The fraction of sp³-hybridized carbons (Fsp3) is 0.667. The highest BCUT2D eigenvalue weighted by atomic mass is 16.2. The molecular formula is C12H17N3O. The second kappa shape index (κ2) is 3.92. The molecule has 0 unspecified atom stereocenters. The summed E-state index contributed by atoms with van der Waals surface area (Å²) in [4.78, 5) is 11.5. The van der Waals surface area contributed by atoms with Gasteiger partial charge in [0.2, 0.25) is 5.91 Å². The Morgan fingerprint density at radius 1 is 1.31 bits per heavy atom. The number of nitrogens with one attached hydrogen (secondary N) is 2. The molecule has 0 bridgehead atoms. The summed E-state index contributed by atoms with van der Waals surface area (Å²) < 4.78 is 0. The first-order valence-corrected chi connectivity index (χ1v) is 6.19. The lowest BCUT2D eigenvalue weighted by Crippen LogP contribution is -2.13. The van der Waals surface area contributed by atoms with E-state index in [1.165, 1.54) is 31.4 Å². The number of carbonyl (C=O) groups excluding carboxylic acids is 1. The Hall–Kier alpha value is -1.32. The summed E-state index contributed by atoms with van der Waals surface area (Å²) in [6.45, 7) is 0. The third-order valence-electron chi connectivity index (χ3n) is 3.59. The molecule has 0 aliphatic heterocycles. The number of aromatic nitrogens is 2. The number of anilines is 1. The average Bonchev–Trinajstić information content (AvgIpc) is 2.80. The van der Waals surface area contributed by atoms with E-state index in [0.717, 1.165) is 12.8 Å². The Morgan fingerprint density at radius 3 is 2.75 bits per heavy atom. The van der Waals surface area contributed by atoms with E-state index in [2.05, 4.69) is 15.5 Å². The van der Waals surface area contributed by atoms with Crippen molar-refractivity contribution in [3.8, 4) is 0 Å². The molecule has 1 aromatic heterocycles. The predicted octanol–water partition coefficient (Wildman–Crippen LogP) is 2.42. The second-order valence-electron chi connectivity index (χ2n) is 4.95. The fourth-order valence-electron chi connectivity index (χ4n) is 2.42. The summed E-state index contributed by atoms with van der Waals surface area (Å²) in [7, 11) is 0. The van der Waals surface area contributed by atoms with Gasteiger partial charge in [0.1, 0.15) is 0 Å². The van der Waals surface area contributed by atoms with Crippen LogP contribution in [0.15, 0.2) is 6.07 Å². The Kier molecular flexibility index (Phi) is 2.42. The van der Waals surface area contributed by atoms with Crippen molar-refractivity contribution in [3.05, 3.63) is 11.8 Å². The van der Waals surface area contributed by atoms with Crippen LogP contribution in [0.1, 0.15) is 50.1 Å². The minimum absolute atomic E-state index is 0.129. The van der Waals surface area contributed by atoms with Gasteiger partial charge in [-0.1, -0.05) is 12.8 Å². The fourth-order valence-corrected chi connectivity index (χ4v) is 2.42. The number of H-pyrrole nitrogens is 1. The number of hydrogen-bond donors (Lipinski definition) is 2. The van der Waals surface area contributed by atoms with E-state index in [0.29, 0.717) is 11.7 Å². The minimum Gasteiger partial charge on any atom is -0.309 e. The lowest BCUT2D eigenvalue weighted by atomic mass is 10.0. The van der Waals surface area contributed by atoms with Crippen molar-refractivity contribution in [1.82, 2.24) is 10.2 Å². The zero-order valence-electron chi connectivity index (χ0n) is 9.33. The van der Waals surface area contributed by atoms with E-state index < -0.39 is 0 Å². The molecule has 2 aliphatic rings. The van der Waals surface area contributed by atoms with E-state index in [1.54, 1.807) is 0 Å². The van der Waals surface area contributed by atoms with Crippen LogP contribution in [-0.2, 0) is 4.79 Å². The molecule has 0 radical (unpaired) electrons. The van der Waals surface area contributed by atoms with Gasteiger partial charge in [0.05, 0.1) is 0 Å². The van der Waals surface area contributed by atoms with Crippen LogP contribution in [0, 0.1) is 5.92 Å². The van der Waals surface area contributed by atoms with Gasteiger partial charge in [-0.25, -0.2) is 0 Å². The quantitative estimate of drug-likeness (QED) is 0.820. The topological polar surface area (TPSA) is 57.8 Å². The van der Waals surface area contributed by atoms with Crippen molar-refractivity contribution in [1.29, 1.82) is 0 Å². The van der Waals surface area contributed by atoms with Crippen LogP contribution < -0.4 is 5.32 Å². The van der Waals surface area contributed by atoms with Crippen molar-refractivity contribution < 1.29 is 4.79 Å². The van der Waals surface area contributed by atoms with Gasteiger partial charge in [0.15, 0.2) is 5.82 Å². The van der Waals surface area contributed by atoms with Crippen molar-refractivity contribution in [2.24, 2.45) is 5.92 Å². The molecule has 3 rings (SSSR count). The molecule has 4 heteroatoms. The van der Waals surface area contributed by atoms with Crippen LogP contribution in [0.4, 0.5) is 5.82 Å². The third kappa shape index (κ3) is 1.96. The second-order valence-corrected chi connectivity index (χ2v) is 4.95. The maximum Gasteiger partial charge on any atom is 0.228 e. The SMILES string of the molecule is O=C(Nc1cc(C2CCCC2)[nH]n1)C1CC1. The number of nitrogens with zero attached hydrogens (tertiary/aromatic N) is 1. The molecule has 0 saturated heterocycles. The molecule has 2 saturated carbocycles. The Bertz CT molecular complexity index is 389. The normalized spacial score (nSPS) is 21.2. The third-order valence-corrected chi connectivity index (χ3v) is 3.59. The number of rotatable bonds is 3. The first kappa shape index (κ1) is 9.87. The van der Waals surface area contributed by atoms with Gasteiger partial charge < -0.3 is 5.32 Å². The molecule has 1 amide bonds. The number of aromatic amines is 1. The van der Waals surface area contributed by atoms with Gasteiger partial charge in [-0.2, -0.15) is 5.10 Å². The summed E-state index contributed by atoms with van der Waals surface area (Å²) in [6.07, 6.45) is 7.19. The highest BCUT2D eigenvalue weighted by Crippen LogP contribution is 2.34. The molecule has 2 N–H and O–H groups in total. The highest BCUT2D eigenvalue weighted by Gasteiger charge is 2.30. The largest absolute Gasteiger partial charge is 0.309 e. The Balaban J connectivity index is 1.64. The lowest BCUT2D eigenvalue weighted by molar-refractivity contribution is -0.117. The zero-order valence-corrected chi connectivity index (χ0v) is 9.33. The van der Waals surface area contributed by atoms with Crippen molar-refractivity contribution >= 4 is 11.7 Å². The van der Waals surface area contributed by atoms with Crippen LogP contribution >= 0.6 is 0 Å². The first-order valence-electron chi connectivity index (χ1n) is 6.19. The van der Waals surface area contributed by atoms with Gasteiger partial charge in [-0.05, 0) is 25.7 Å². The zero-order chi connectivity index (χ0) is 11.0. The van der Waals surface area contributed by atoms with E-state index in [9.17, 15) is 4.79 Å². The summed E-state index contributed by atoms with van der Waals surface area (Å²) in [5.41, 5.74) is 1.18. The molecule has 16 heavy (non-hydrogen) atoms. The van der Waals surface area contributed by atoms with E-state index in [4.69, 9.17) is 0 Å². The Labute approximate surface area is 94.8 Å². The molecule has 0 aromatic carbocycles. The van der Waals surface area contributed by atoms with E-state index >= 15 is 0 Å². The molecule has 2 aliphatic carbocycles. The van der Waals surface area contributed by atoms with Crippen LogP contribution in [0.5, 0.6) is 0 Å². The van der Waals surface area contributed by atoms with Crippen LogP contribution in [0.2, 0.25) is 0 Å².